The van der Waals surface area contributed by atoms with Gasteiger partial charge in [0.05, 0.1) is 0 Å². The summed E-state index contributed by atoms with van der Waals surface area (Å²) in [7, 11) is 0. The third-order valence-electron chi connectivity index (χ3n) is 3.82. The van der Waals surface area contributed by atoms with Crippen LogP contribution in [-0.4, -0.2) is 5.54 Å². The molecule has 2 heteroatoms. The number of aryl methyl sites for hydroxylation is 2. The first kappa shape index (κ1) is 12.6. The summed E-state index contributed by atoms with van der Waals surface area (Å²) in [4.78, 5) is 0. The van der Waals surface area contributed by atoms with E-state index in [2.05, 4.69) is 6.92 Å². The van der Waals surface area contributed by atoms with Gasteiger partial charge in [0.15, 0.2) is 0 Å². The van der Waals surface area contributed by atoms with Crippen molar-refractivity contribution in [1.82, 2.24) is 0 Å². The van der Waals surface area contributed by atoms with Crippen molar-refractivity contribution in [2.75, 3.05) is 0 Å². The molecule has 1 fully saturated rings. The van der Waals surface area contributed by atoms with E-state index in [1.165, 1.54) is 11.1 Å². The molecule has 0 bridgehead atoms. The van der Waals surface area contributed by atoms with Crippen LogP contribution in [0.2, 0.25) is 0 Å². The minimum atomic E-state index is -1.26. The summed E-state index contributed by atoms with van der Waals surface area (Å²) in [6.45, 7) is 5.29. The Balaban J connectivity index is 2.14. The number of halogens is 1. The average Bonchev–Trinajstić information content (AvgIpc) is 2.94. The maximum Gasteiger partial charge on any atom is 0.130 e. The second-order valence-electron chi connectivity index (χ2n) is 5.98. The van der Waals surface area contributed by atoms with Crippen molar-refractivity contribution in [2.45, 2.75) is 57.7 Å². The Hall–Kier alpha value is -0.890. The van der Waals surface area contributed by atoms with E-state index in [4.69, 9.17) is 5.73 Å². The smallest absolute Gasteiger partial charge is 0.130 e. The highest BCUT2D eigenvalue weighted by Gasteiger charge is 2.37. The SMILES string of the molecule is Cc1ccc(C(C)(C)F)cc1CCC1(N)CC1. The number of alkyl halides is 1. The van der Waals surface area contributed by atoms with Crippen LogP contribution in [0.15, 0.2) is 18.2 Å². The first-order valence-corrected chi connectivity index (χ1v) is 6.38. The molecule has 1 aliphatic carbocycles. The first-order valence-electron chi connectivity index (χ1n) is 6.38. The molecule has 0 unspecified atom stereocenters. The molecule has 0 atom stereocenters. The van der Waals surface area contributed by atoms with Crippen LogP contribution in [0, 0.1) is 6.92 Å². The molecule has 0 amide bonds. The Kier molecular flexibility index (Phi) is 3.03. The van der Waals surface area contributed by atoms with E-state index >= 15 is 0 Å². The fourth-order valence-corrected chi connectivity index (χ4v) is 2.10. The van der Waals surface area contributed by atoms with Crippen molar-refractivity contribution in [3.8, 4) is 0 Å². The van der Waals surface area contributed by atoms with Gasteiger partial charge in [-0.15, -0.1) is 0 Å². The summed E-state index contributed by atoms with van der Waals surface area (Å²) >= 11 is 0. The zero-order chi connectivity index (χ0) is 12.7. The number of benzene rings is 1. The zero-order valence-corrected chi connectivity index (χ0v) is 11.0. The van der Waals surface area contributed by atoms with Gasteiger partial charge >= 0.3 is 0 Å². The van der Waals surface area contributed by atoms with Gasteiger partial charge in [-0.2, -0.15) is 0 Å². The van der Waals surface area contributed by atoms with Gasteiger partial charge in [-0.3, -0.25) is 0 Å². The van der Waals surface area contributed by atoms with Crippen LogP contribution >= 0.6 is 0 Å². The summed E-state index contributed by atoms with van der Waals surface area (Å²) < 4.78 is 13.9. The number of rotatable bonds is 4. The van der Waals surface area contributed by atoms with Gasteiger partial charge in [0.2, 0.25) is 0 Å². The molecule has 1 nitrogen and oxygen atoms in total. The Labute approximate surface area is 103 Å². The second-order valence-corrected chi connectivity index (χ2v) is 5.98. The highest BCUT2D eigenvalue weighted by atomic mass is 19.1. The largest absolute Gasteiger partial charge is 0.325 e. The molecule has 0 aromatic heterocycles. The van der Waals surface area contributed by atoms with Gasteiger partial charge in [-0.1, -0.05) is 18.2 Å². The fourth-order valence-electron chi connectivity index (χ4n) is 2.10. The van der Waals surface area contributed by atoms with Crippen molar-refractivity contribution in [2.24, 2.45) is 5.73 Å². The minimum Gasteiger partial charge on any atom is -0.325 e. The monoisotopic (exact) mass is 235 g/mol. The molecule has 1 saturated carbocycles. The van der Waals surface area contributed by atoms with E-state index in [0.717, 1.165) is 31.2 Å². The lowest BCUT2D eigenvalue weighted by Gasteiger charge is -2.18. The molecule has 2 N–H and O–H groups in total. The Morgan fingerprint density at radius 2 is 2.00 bits per heavy atom. The molecule has 0 heterocycles. The van der Waals surface area contributed by atoms with E-state index < -0.39 is 5.67 Å². The van der Waals surface area contributed by atoms with Crippen LogP contribution in [0.1, 0.15) is 49.8 Å². The third-order valence-corrected chi connectivity index (χ3v) is 3.82. The van der Waals surface area contributed by atoms with E-state index in [1.807, 2.05) is 18.2 Å². The van der Waals surface area contributed by atoms with E-state index in [0.29, 0.717) is 0 Å². The predicted octanol–water partition coefficient (Wildman–Crippen LogP) is 3.62. The normalized spacial score (nSPS) is 18.2. The number of hydrogen-bond donors (Lipinski definition) is 1. The lowest BCUT2D eigenvalue weighted by Crippen LogP contribution is -2.22. The van der Waals surface area contributed by atoms with Crippen LogP contribution in [0.3, 0.4) is 0 Å². The molecule has 94 valence electrons. The summed E-state index contributed by atoms with van der Waals surface area (Å²) in [5.74, 6) is 0. The average molecular weight is 235 g/mol. The molecule has 2 rings (SSSR count). The van der Waals surface area contributed by atoms with E-state index in [9.17, 15) is 4.39 Å². The van der Waals surface area contributed by atoms with Crippen molar-refractivity contribution in [3.05, 3.63) is 34.9 Å². The standard InChI is InChI=1S/C15H22FN/c1-11-4-5-13(14(2,3)16)10-12(11)6-7-15(17)8-9-15/h4-5,10H,6-9,17H2,1-3H3. The molecular formula is C15H22FN. The lowest BCUT2D eigenvalue weighted by atomic mass is 9.93. The highest BCUT2D eigenvalue weighted by molar-refractivity contribution is 5.34. The quantitative estimate of drug-likeness (QED) is 0.847. The maximum atomic E-state index is 13.9. The lowest BCUT2D eigenvalue weighted by molar-refractivity contribution is 0.221. The predicted molar refractivity (Wildman–Crippen MR) is 69.8 cm³/mol. The van der Waals surface area contributed by atoms with Crippen LogP contribution in [0.25, 0.3) is 0 Å². The van der Waals surface area contributed by atoms with Gasteiger partial charge in [0.25, 0.3) is 0 Å². The summed E-state index contributed by atoms with van der Waals surface area (Å²) in [5.41, 5.74) is 8.15. The van der Waals surface area contributed by atoms with Gasteiger partial charge < -0.3 is 5.73 Å². The maximum absolute atomic E-state index is 13.9. The third kappa shape index (κ3) is 3.06. The molecule has 0 spiro atoms. The second kappa shape index (κ2) is 4.09. The summed E-state index contributed by atoms with van der Waals surface area (Å²) in [6, 6.07) is 5.90. The van der Waals surface area contributed by atoms with Crippen LogP contribution in [-0.2, 0) is 12.1 Å². The zero-order valence-electron chi connectivity index (χ0n) is 11.0. The Morgan fingerprint density at radius 3 is 2.53 bits per heavy atom. The molecular weight excluding hydrogens is 213 g/mol. The molecule has 0 aliphatic heterocycles. The molecule has 1 aromatic carbocycles. The Morgan fingerprint density at radius 1 is 1.35 bits per heavy atom. The molecule has 0 radical (unpaired) electrons. The van der Waals surface area contributed by atoms with Crippen molar-refractivity contribution in [3.63, 3.8) is 0 Å². The van der Waals surface area contributed by atoms with Crippen LogP contribution in [0.4, 0.5) is 4.39 Å². The van der Waals surface area contributed by atoms with Gasteiger partial charge in [-0.05, 0) is 63.1 Å². The van der Waals surface area contributed by atoms with Crippen molar-refractivity contribution in [1.29, 1.82) is 0 Å². The van der Waals surface area contributed by atoms with E-state index in [-0.39, 0.29) is 5.54 Å². The van der Waals surface area contributed by atoms with Crippen LogP contribution in [0.5, 0.6) is 0 Å². The first-order chi connectivity index (χ1) is 7.80. The van der Waals surface area contributed by atoms with Gasteiger partial charge in [0.1, 0.15) is 5.67 Å². The molecule has 0 saturated heterocycles. The van der Waals surface area contributed by atoms with Crippen LogP contribution < -0.4 is 5.73 Å². The summed E-state index contributed by atoms with van der Waals surface area (Å²) in [5, 5.41) is 0. The molecule has 17 heavy (non-hydrogen) atoms. The Bertz CT molecular complexity index is 413. The topological polar surface area (TPSA) is 26.0 Å². The van der Waals surface area contributed by atoms with Gasteiger partial charge in [-0.25, -0.2) is 4.39 Å². The van der Waals surface area contributed by atoms with Gasteiger partial charge in [0, 0.05) is 5.54 Å². The fraction of sp³-hybridized carbons (Fsp3) is 0.600. The number of hydrogen-bond acceptors (Lipinski definition) is 1. The van der Waals surface area contributed by atoms with E-state index in [1.54, 1.807) is 13.8 Å². The summed E-state index contributed by atoms with van der Waals surface area (Å²) in [6.07, 6.45) is 4.26. The molecule has 1 aliphatic rings. The molecule has 1 aromatic rings. The van der Waals surface area contributed by atoms with Crippen molar-refractivity contribution < 1.29 is 4.39 Å². The van der Waals surface area contributed by atoms with Crippen molar-refractivity contribution >= 4 is 0 Å². The highest BCUT2D eigenvalue weighted by Crippen LogP contribution is 2.37. The number of nitrogens with two attached hydrogens (primary N) is 1. The minimum absolute atomic E-state index is 0.0771.